The summed E-state index contributed by atoms with van der Waals surface area (Å²) in [7, 11) is 2.22. The fraction of sp³-hybridized carbons (Fsp3) is 0.600. The molecule has 2 fully saturated rings. The van der Waals surface area contributed by atoms with Crippen LogP contribution < -0.4 is 5.56 Å². The molecule has 1 amide bonds. The summed E-state index contributed by atoms with van der Waals surface area (Å²) in [4.78, 5) is 35.6. The number of halogens is 2. The molecular formula is C25H36Cl2N4O2S. The number of pyridine rings is 1. The minimum absolute atomic E-state index is 0. The highest BCUT2D eigenvalue weighted by atomic mass is 35.5. The van der Waals surface area contributed by atoms with E-state index >= 15 is 0 Å². The number of likely N-dealkylation sites (tertiary alicyclic amines) is 1. The van der Waals surface area contributed by atoms with Crippen LogP contribution in [0.2, 0.25) is 0 Å². The maximum absolute atomic E-state index is 13.2. The Balaban J connectivity index is 0.00000162. The Kier molecular flexibility index (Phi) is 9.75. The van der Waals surface area contributed by atoms with Gasteiger partial charge < -0.3 is 14.8 Å². The molecule has 0 radical (unpaired) electrons. The fourth-order valence-electron chi connectivity index (χ4n) is 5.39. The molecule has 0 saturated carbocycles. The smallest absolute Gasteiger partial charge is 0.253 e. The number of hydrogen-bond donors (Lipinski definition) is 1. The van der Waals surface area contributed by atoms with Crippen LogP contribution in [0.4, 0.5) is 0 Å². The number of nitrogens with one attached hydrogen (secondary N) is 1. The van der Waals surface area contributed by atoms with Crippen LogP contribution in [0.3, 0.4) is 0 Å². The molecule has 3 aliphatic rings. The van der Waals surface area contributed by atoms with Crippen molar-refractivity contribution in [3.8, 4) is 0 Å². The normalized spacial score (nSPS) is 19.9. The van der Waals surface area contributed by atoms with E-state index in [1.165, 1.54) is 32.4 Å². The Morgan fingerprint density at radius 1 is 1.06 bits per heavy atom. The summed E-state index contributed by atoms with van der Waals surface area (Å²) >= 11 is 1.80. The number of carbonyl (C=O) groups is 1. The van der Waals surface area contributed by atoms with Crippen LogP contribution in [-0.4, -0.2) is 84.2 Å². The quantitative estimate of drug-likeness (QED) is 0.658. The van der Waals surface area contributed by atoms with Crippen LogP contribution in [0.15, 0.2) is 23.0 Å². The Bertz CT molecular complexity index is 1050. The number of aromatic nitrogens is 1. The summed E-state index contributed by atoms with van der Waals surface area (Å²) < 4.78 is 0. The Morgan fingerprint density at radius 3 is 2.53 bits per heavy atom. The lowest BCUT2D eigenvalue weighted by molar-refractivity contribution is 0.0624. The maximum Gasteiger partial charge on any atom is 0.253 e. The van der Waals surface area contributed by atoms with Gasteiger partial charge in [-0.1, -0.05) is 0 Å². The second-order valence-electron chi connectivity index (χ2n) is 9.64. The molecule has 4 heterocycles. The molecule has 0 unspecified atom stereocenters. The van der Waals surface area contributed by atoms with Crippen molar-refractivity contribution in [2.75, 3.05) is 58.6 Å². The number of fused-ring (bicyclic) bond motifs is 3. The second-order valence-corrected chi connectivity index (χ2v) is 10.7. The summed E-state index contributed by atoms with van der Waals surface area (Å²) in [5.41, 5.74) is 3.63. The van der Waals surface area contributed by atoms with Crippen LogP contribution in [0.25, 0.3) is 10.9 Å². The fourth-order valence-corrected chi connectivity index (χ4v) is 6.40. The summed E-state index contributed by atoms with van der Waals surface area (Å²) in [6.45, 7) is 7.14. The Morgan fingerprint density at radius 2 is 1.79 bits per heavy atom. The van der Waals surface area contributed by atoms with Gasteiger partial charge in [0.1, 0.15) is 0 Å². The second kappa shape index (κ2) is 12.1. The average Bonchev–Trinajstić information content (AvgIpc) is 2.84. The molecule has 5 rings (SSSR count). The highest BCUT2D eigenvalue weighted by Crippen LogP contribution is 2.28. The minimum Gasteiger partial charge on any atom is -0.336 e. The monoisotopic (exact) mass is 526 g/mol. The highest BCUT2D eigenvalue weighted by molar-refractivity contribution is 7.98. The first-order valence-electron chi connectivity index (χ1n) is 12.0. The lowest BCUT2D eigenvalue weighted by Crippen LogP contribution is -2.49. The van der Waals surface area contributed by atoms with E-state index in [9.17, 15) is 9.59 Å². The molecule has 0 aliphatic carbocycles. The number of piperidine rings is 1. The van der Waals surface area contributed by atoms with Gasteiger partial charge in [0.25, 0.3) is 11.5 Å². The number of hydrogen-bond acceptors (Lipinski definition) is 5. The predicted molar refractivity (Wildman–Crippen MR) is 146 cm³/mol. The first-order valence-corrected chi connectivity index (χ1v) is 13.2. The van der Waals surface area contributed by atoms with Crippen molar-refractivity contribution in [1.82, 2.24) is 19.7 Å². The van der Waals surface area contributed by atoms with Gasteiger partial charge >= 0.3 is 0 Å². The Hall–Kier alpha value is -1.25. The zero-order valence-corrected chi connectivity index (χ0v) is 22.3. The minimum atomic E-state index is 0. The van der Waals surface area contributed by atoms with Gasteiger partial charge in [-0.3, -0.25) is 14.5 Å². The van der Waals surface area contributed by atoms with Gasteiger partial charge in [0, 0.05) is 54.0 Å². The van der Waals surface area contributed by atoms with E-state index in [0.717, 1.165) is 84.2 Å². The highest BCUT2D eigenvalue weighted by Gasteiger charge is 2.24. The number of rotatable bonds is 4. The third-order valence-electron chi connectivity index (χ3n) is 7.57. The molecule has 188 valence electrons. The first kappa shape index (κ1) is 27.3. The molecule has 1 aromatic carbocycles. The third kappa shape index (κ3) is 5.93. The van der Waals surface area contributed by atoms with Crippen molar-refractivity contribution in [2.45, 2.75) is 31.4 Å². The van der Waals surface area contributed by atoms with E-state index in [1.807, 2.05) is 23.1 Å². The van der Waals surface area contributed by atoms with Crippen molar-refractivity contribution >= 4 is 53.4 Å². The molecule has 2 aromatic rings. The molecule has 2 saturated heterocycles. The van der Waals surface area contributed by atoms with E-state index < -0.39 is 0 Å². The summed E-state index contributed by atoms with van der Waals surface area (Å²) in [6.07, 6.45) is 4.83. The van der Waals surface area contributed by atoms with Gasteiger partial charge in [-0.05, 0) is 87.8 Å². The van der Waals surface area contributed by atoms with Gasteiger partial charge in [0.05, 0.1) is 0 Å². The SMILES string of the molecule is CN1CCC(CCN2CCN(C(=O)c3ccc4[nH]c(=O)c5c(c4c3)CCSC5)CC2)CC1.Cl.Cl. The number of piperazine rings is 1. The molecule has 9 heteroatoms. The summed E-state index contributed by atoms with van der Waals surface area (Å²) in [6, 6.07) is 5.79. The van der Waals surface area contributed by atoms with Crippen LogP contribution in [0.1, 0.15) is 40.7 Å². The first-order chi connectivity index (χ1) is 15.6. The van der Waals surface area contributed by atoms with E-state index in [-0.39, 0.29) is 36.3 Å². The van der Waals surface area contributed by atoms with E-state index in [1.54, 1.807) is 11.8 Å². The van der Waals surface area contributed by atoms with Crippen molar-refractivity contribution in [3.63, 3.8) is 0 Å². The molecular weight excluding hydrogens is 491 g/mol. The topological polar surface area (TPSA) is 59.6 Å². The summed E-state index contributed by atoms with van der Waals surface area (Å²) in [5.74, 6) is 2.77. The predicted octanol–water partition coefficient (Wildman–Crippen LogP) is 3.65. The molecule has 3 aliphatic heterocycles. The maximum atomic E-state index is 13.2. The molecule has 1 N–H and O–H groups in total. The van der Waals surface area contributed by atoms with Gasteiger partial charge in [-0.15, -0.1) is 24.8 Å². The molecule has 0 bridgehead atoms. The van der Waals surface area contributed by atoms with Gasteiger partial charge in [0.2, 0.25) is 0 Å². The number of aryl methyl sites for hydroxylation is 1. The number of H-pyrrole nitrogens is 1. The average molecular weight is 528 g/mol. The van der Waals surface area contributed by atoms with Crippen molar-refractivity contribution in [3.05, 3.63) is 45.2 Å². The molecule has 0 atom stereocenters. The van der Waals surface area contributed by atoms with Crippen LogP contribution in [0.5, 0.6) is 0 Å². The van der Waals surface area contributed by atoms with Gasteiger partial charge in [-0.2, -0.15) is 11.8 Å². The Labute approximate surface area is 218 Å². The van der Waals surface area contributed by atoms with E-state index in [4.69, 9.17) is 0 Å². The zero-order chi connectivity index (χ0) is 22.1. The number of thioether (sulfide) groups is 1. The number of amides is 1. The van der Waals surface area contributed by atoms with Gasteiger partial charge in [0.15, 0.2) is 0 Å². The number of benzene rings is 1. The molecule has 34 heavy (non-hydrogen) atoms. The number of aromatic amines is 1. The zero-order valence-electron chi connectivity index (χ0n) is 19.9. The van der Waals surface area contributed by atoms with Gasteiger partial charge in [-0.25, -0.2) is 0 Å². The van der Waals surface area contributed by atoms with E-state index in [0.29, 0.717) is 0 Å². The molecule has 0 spiro atoms. The molecule has 6 nitrogen and oxygen atoms in total. The molecule has 1 aromatic heterocycles. The van der Waals surface area contributed by atoms with Crippen molar-refractivity contribution < 1.29 is 4.79 Å². The third-order valence-corrected chi connectivity index (χ3v) is 8.56. The standard InChI is InChI=1S/C25H34N4O2S.2ClH/c1-27-8-4-18(5-9-27)6-10-28-11-13-29(14-12-28)25(31)19-2-3-23-21(16-19)20-7-15-32-17-22(20)24(30)26-23;;/h2-3,16,18H,4-15,17H2,1H3,(H,26,30);2*1H. The van der Waals surface area contributed by atoms with Crippen LogP contribution >= 0.6 is 36.6 Å². The summed E-state index contributed by atoms with van der Waals surface area (Å²) in [5, 5.41) is 1.04. The van der Waals surface area contributed by atoms with Crippen molar-refractivity contribution in [1.29, 1.82) is 0 Å². The largest absolute Gasteiger partial charge is 0.336 e. The van der Waals surface area contributed by atoms with Crippen molar-refractivity contribution in [2.24, 2.45) is 5.92 Å². The lowest BCUT2D eigenvalue weighted by Gasteiger charge is -2.36. The lowest BCUT2D eigenvalue weighted by atomic mass is 9.93. The van der Waals surface area contributed by atoms with Crippen LogP contribution in [0, 0.1) is 5.92 Å². The number of carbonyl (C=O) groups excluding carboxylic acids is 1. The number of nitrogens with zero attached hydrogens (tertiary/aromatic N) is 3. The van der Waals surface area contributed by atoms with E-state index in [2.05, 4.69) is 21.8 Å². The van der Waals surface area contributed by atoms with Crippen LogP contribution in [-0.2, 0) is 12.2 Å².